The van der Waals surface area contributed by atoms with E-state index in [9.17, 15) is 9.59 Å². The molecule has 170 valence electrons. The van der Waals surface area contributed by atoms with Gasteiger partial charge in [-0.1, -0.05) is 72.3 Å². The molecular formula is C27H23ClN4O2. The highest BCUT2D eigenvalue weighted by atomic mass is 35.5. The minimum absolute atomic E-state index is 0.162. The van der Waals surface area contributed by atoms with E-state index < -0.39 is 0 Å². The Bertz CT molecular complexity index is 1560. The highest BCUT2D eigenvalue weighted by Crippen LogP contribution is 2.27. The fourth-order valence-corrected chi connectivity index (χ4v) is 4.55. The van der Waals surface area contributed by atoms with Crippen molar-refractivity contribution in [2.75, 3.05) is 0 Å². The number of para-hydroxylation sites is 1. The Morgan fingerprint density at radius 3 is 2.56 bits per heavy atom. The molecule has 0 aliphatic rings. The number of carbonyl (C=O) groups is 1. The van der Waals surface area contributed by atoms with Crippen LogP contribution in [0.15, 0.2) is 89.9 Å². The van der Waals surface area contributed by atoms with E-state index in [1.807, 2.05) is 90.4 Å². The number of amides is 1. The molecule has 3 aromatic carbocycles. The van der Waals surface area contributed by atoms with E-state index in [0.29, 0.717) is 17.1 Å². The van der Waals surface area contributed by atoms with E-state index in [1.165, 1.54) is 4.68 Å². The summed E-state index contributed by atoms with van der Waals surface area (Å²) < 4.78 is 3.20. The Labute approximate surface area is 201 Å². The summed E-state index contributed by atoms with van der Waals surface area (Å²) in [4.78, 5) is 26.3. The molecule has 2 aromatic heterocycles. The fraction of sp³-hybridized carbons (Fsp3) is 0.148. The summed E-state index contributed by atoms with van der Waals surface area (Å²) in [6, 6.07) is 24.9. The standard InChI is InChI=1S/C27H23ClN4O2/c1-18(20-9-3-2-4-10-20)30-25(33)17-32-27(34)26-23(15-29-32)22-12-5-6-13-24(22)31(26)16-19-8-7-11-21(28)14-19/h2-15,18H,16-17H2,1H3,(H,30,33). The molecule has 1 unspecified atom stereocenters. The van der Waals surface area contributed by atoms with Gasteiger partial charge in [0, 0.05) is 27.9 Å². The van der Waals surface area contributed by atoms with E-state index in [1.54, 1.807) is 6.20 Å². The molecule has 1 atom stereocenters. The van der Waals surface area contributed by atoms with Gasteiger partial charge in [-0.2, -0.15) is 5.10 Å². The highest BCUT2D eigenvalue weighted by Gasteiger charge is 2.18. The lowest BCUT2D eigenvalue weighted by Gasteiger charge is -2.14. The zero-order valence-electron chi connectivity index (χ0n) is 18.6. The van der Waals surface area contributed by atoms with Crippen molar-refractivity contribution in [3.8, 4) is 0 Å². The second kappa shape index (κ2) is 9.15. The number of nitrogens with one attached hydrogen (secondary N) is 1. The van der Waals surface area contributed by atoms with Crippen LogP contribution in [-0.2, 0) is 17.9 Å². The van der Waals surface area contributed by atoms with Crippen LogP contribution in [0.25, 0.3) is 21.8 Å². The maximum absolute atomic E-state index is 13.5. The molecule has 34 heavy (non-hydrogen) atoms. The summed E-state index contributed by atoms with van der Waals surface area (Å²) >= 11 is 6.19. The van der Waals surface area contributed by atoms with Gasteiger partial charge in [-0.25, -0.2) is 4.68 Å². The molecule has 0 saturated heterocycles. The zero-order chi connectivity index (χ0) is 23.7. The topological polar surface area (TPSA) is 68.9 Å². The summed E-state index contributed by atoms with van der Waals surface area (Å²) in [5.41, 5.74) is 3.11. The quantitative estimate of drug-likeness (QED) is 0.382. The Morgan fingerprint density at radius 2 is 1.76 bits per heavy atom. The number of rotatable bonds is 6. The molecule has 2 heterocycles. The van der Waals surface area contributed by atoms with Crippen LogP contribution in [0, 0.1) is 0 Å². The van der Waals surface area contributed by atoms with Crippen molar-refractivity contribution in [1.29, 1.82) is 0 Å². The largest absolute Gasteiger partial charge is 0.348 e. The van der Waals surface area contributed by atoms with Crippen LogP contribution in [-0.4, -0.2) is 20.3 Å². The van der Waals surface area contributed by atoms with E-state index in [2.05, 4.69) is 10.4 Å². The van der Waals surface area contributed by atoms with E-state index in [0.717, 1.165) is 27.4 Å². The van der Waals surface area contributed by atoms with Crippen molar-refractivity contribution in [1.82, 2.24) is 19.7 Å². The van der Waals surface area contributed by atoms with Crippen LogP contribution in [0.1, 0.15) is 24.1 Å². The lowest BCUT2D eigenvalue weighted by molar-refractivity contribution is -0.122. The second-order valence-corrected chi connectivity index (χ2v) is 8.74. The predicted octanol–water partition coefficient (Wildman–Crippen LogP) is 4.93. The molecule has 6 nitrogen and oxygen atoms in total. The van der Waals surface area contributed by atoms with Crippen LogP contribution in [0.3, 0.4) is 0 Å². The summed E-state index contributed by atoms with van der Waals surface area (Å²) in [7, 11) is 0. The number of hydrogen-bond donors (Lipinski definition) is 1. The SMILES string of the molecule is CC(NC(=O)Cn1ncc2c3ccccc3n(Cc3cccc(Cl)c3)c2c1=O)c1ccccc1. The summed E-state index contributed by atoms with van der Waals surface area (Å²) in [5, 5.41) is 9.61. The molecule has 0 aliphatic carbocycles. The number of halogens is 1. The maximum Gasteiger partial charge on any atom is 0.291 e. The molecule has 0 radical (unpaired) electrons. The average molecular weight is 471 g/mol. The molecule has 0 fully saturated rings. The van der Waals surface area contributed by atoms with Crippen molar-refractivity contribution in [3.05, 3.63) is 112 Å². The predicted molar refractivity (Wildman–Crippen MR) is 135 cm³/mol. The molecule has 0 bridgehead atoms. The van der Waals surface area contributed by atoms with Crippen LogP contribution < -0.4 is 10.9 Å². The number of hydrogen-bond acceptors (Lipinski definition) is 3. The third kappa shape index (κ3) is 4.20. The van der Waals surface area contributed by atoms with Gasteiger partial charge < -0.3 is 9.88 Å². The number of benzene rings is 3. The van der Waals surface area contributed by atoms with Gasteiger partial charge in [0.05, 0.1) is 12.2 Å². The second-order valence-electron chi connectivity index (χ2n) is 8.30. The first-order valence-electron chi connectivity index (χ1n) is 11.1. The first-order valence-corrected chi connectivity index (χ1v) is 11.4. The molecular weight excluding hydrogens is 448 g/mol. The first kappa shape index (κ1) is 21.9. The maximum atomic E-state index is 13.5. The molecule has 5 aromatic rings. The Balaban J connectivity index is 1.52. The Kier molecular flexibility index (Phi) is 5.90. The molecule has 1 amide bonds. The third-order valence-electron chi connectivity index (χ3n) is 5.97. The molecule has 0 saturated carbocycles. The molecule has 7 heteroatoms. The van der Waals surface area contributed by atoms with Gasteiger partial charge in [0.1, 0.15) is 12.1 Å². The van der Waals surface area contributed by atoms with Gasteiger partial charge in [0.2, 0.25) is 5.91 Å². The number of fused-ring (bicyclic) bond motifs is 3. The van der Waals surface area contributed by atoms with Crippen LogP contribution >= 0.6 is 11.6 Å². The minimum Gasteiger partial charge on any atom is -0.348 e. The smallest absolute Gasteiger partial charge is 0.291 e. The number of aromatic nitrogens is 3. The Morgan fingerprint density at radius 1 is 1.00 bits per heavy atom. The van der Waals surface area contributed by atoms with Crippen molar-refractivity contribution >= 4 is 39.3 Å². The van der Waals surface area contributed by atoms with Gasteiger partial charge >= 0.3 is 0 Å². The number of nitrogens with zero attached hydrogens (tertiary/aromatic N) is 3. The third-order valence-corrected chi connectivity index (χ3v) is 6.21. The van der Waals surface area contributed by atoms with Gasteiger partial charge in [-0.05, 0) is 36.2 Å². The van der Waals surface area contributed by atoms with Crippen LogP contribution in [0.5, 0.6) is 0 Å². The summed E-state index contributed by atoms with van der Waals surface area (Å²) in [6.07, 6.45) is 1.67. The molecule has 1 N–H and O–H groups in total. The van der Waals surface area contributed by atoms with E-state index in [4.69, 9.17) is 11.6 Å². The van der Waals surface area contributed by atoms with Gasteiger partial charge in [-0.15, -0.1) is 0 Å². The van der Waals surface area contributed by atoms with Crippen LogP contribution in [0.2, 0.25) is 5.02 Å². The summed E-state index contributed by atoms with van der Waals surface area (Å²) in [5.74, 6) is -0.275. The molecule has 0 spiro atoms. The first-order chi connectivity index (χ1) is 16.5. The number of carbonyl (C=O) groups excluding carboxylic acids is 1. The van der Waals surface area contributed by atoms with E-state index in [-0.39, 0.29) is 24.1 Å². The van der Waals surface area contributed by atoms with Gasteiger partial charge in [0.25, 0.3) is 5.56 Å². The lowest BCUT2D eigenvalue weighted by atomic mass is 10.1. The summed E-state index contributed by atoms with van der Waals surface area (Å²) in [6.45, 7) is 2.22. The van der Waals surface area contributed by atoms with Crippen molar-refractivity contribution in [3.63, 3.8) is 0 Å². The van der Waals surface area contributed by atoms with Gasteiger partial charge in [0.15, 0.2) is 0 Å². The van der Waals surface area contributed by atoms with Crippen molar-refractivity contribution < 1.29 is 4.79 Å². The average Bonchev–Trinajstić information content (AvgIpc) is 3.15. The fourth-order valence-electron chi connectivity index (χ4n) is 4.34. The van der Waals surface area contributed by atoms with E-state index >= 15 is 0 Å². The minimum atomic E-state index is -0.307. The molecule has 5 rings (SSSR count). The highest BCUT2D eigenvalue weighted by molar-refractivity contribution is 6.30. The monoisotopic (exact) mass is 470 g/mol. The normalized spacial score (nSPS) is 12.2. The van der Waals surface area contributed by atoms with Crippen molar-refractivity contribution in [2.45, 2.75) is 26.1 Å². The van der Waals surface area contributed by atoms with Crippen LogP contribution in [0.4, 0.5) is 0 Å². The zero-order valence-corrected chi connectivity index (χ0v) is 19.4. The lowest BCUT2D eigenvalue weighted by Crippen LogP contribution is -2.35. The Hall–Kier alpha value is -3.90. The van der Waals surface area contributed by atoms with Gasteiger partial charge in [-0.3, -0.25) is 9.59 Å². The van der Waals surface area contributed by atoms with Crippen molar-refractivity contribution in [2.24, 2.45) is 0 Å². The molecule has 0 aliphatic heterocycles.